The van der Waals surface area contributed by atoms with E-state index in [0.29, 0.717) is 22.9 Å². The van der Waals surface area contributed by atoms with Crippen molar-refractivity contribution in [3.63, 3.8) is 0 Å². The van der Waals surface area contributed by atoms with Crippen molar-refractivity contribution in [2.45, 2.75) is 24.5 Å². The molecule has 9 heteroatoms. The SMILES string of the molecule is COC(=O)c1ccccc1CN(CC#N)c1cc(SCC(F)(F)F)c(C)cc1F. The molecule has 0 amide bonds. The molecule has 4 nitrogen and oxygen atoms in total. The van der Waals surface area contributed by atoms with E-state index >= 15 is 0 Å². The first-order valence-electron chi connectivity index (χ1n) is 8.44. The maximum atomic E-state index is 14.6. The molecular formula is C20H18F4N2O2S. The summed E-state index contributed by atoms with van der Waals surface area (Å²) in [5.41, 5.74) is 1.12. The van der Waals surface area contributed by atoms with Crippen molar-refractivity contribution in [2.75, 3.05) is 24.3 Å². The molecule has 0 aliphatic heterocycles. The highest BCUT2D eigenvalue weighted by molar-refractivity contribution is 7.99. The van der Waals surface area contributed by atoms with Crippen LogP contribution in [0.3, 0.4) is 0 Å². The Kier molecular flexibility index (Phi) is 7.51. The van der Waals surface area contributed by atoms with Gasteiger partial charge in [0, 0.05) is 11.4 Å². The molecule has 0 N–H and O–H groups in total. The summed E-state index contributed by atoms with van der Waals surface area (Å²) in [6, 6.07) is 10.9. The number of alkyl halides is 3. The molecule has 0 radical (unpaired) electrons. The van der Waals surface area contributed by atoms with Gasteiger partial charge in [0.2, 0.25) is 0 Å². The summed E-state index contributed by atoms with van der Waals surface area (Å²) in [4.78, 5) is 13.6. The van der Waals surface area contributed by atoms with Gasteiger partial charge in [-0.2, -0.15) is 18.4 Å². The lowest BCUT2D eigenvalue weighted by Gasteiger charge is -2.24. The molecule has 0 fully saturated rings. The molecule has 2 aromatic rings. The van der Waals surface area contributed by atoms with Crippen molar-refractivity contribution in [3.8, 4) is 6.07 Å². The van der Waals surface area contributed by atoms with Crippen molar-refractivity contribution in [1.29, 1.82) is 5.26 Å². The summed E-state index contributed by atoms with van der Waals surface area (Å²) < 4.78 is 57.1. The van der Waals surface area contributed by atoms with Crippen LogP contribution in [0.1, 0.15) is 21.5 Å². The van der Waals surface area contributed by atoms with Crippen molar-refractivity contribution in [1.82, 2.24) is 0 Å². The molecule has 154 valence electrons. The first-order chi connectivity index (χ1) is 13.7. The van der Waals surface area contributed by atoms with E-state index < -0.39 is 23.7 Å². The van der Waals surface area contributed by atoms with E-state index in [1.165, 1.54) is 25.0 Å². The molecular weight excluding hydrogens is 408 g/mol. The second-order valence-corrected chi connectivity index (χ2v) is 7.15. The number of halogens is 4. The second-order valence-electron chi connectivity index (χ2n) is 6.14. The average Bonchev–Trinajstić information content (AvgIpc) is 2.66. The second kappa shape index (κ2) is 9.65. The maximum Gasteiger partial charge on any atom is 0.398 e. The summed E-state index contributed by atoms with van der Waals surface area (Å²) in [5, 5.41) is 9.17. The topological polar surface area (TPSA) is 53.3 Å². The van der Waals surface area contributed by atoms with E-state index in [-0.39, 0.29) is 29.2 Å². The molecule has 0 spiro atoms. The number of carbonyl (C=O) groups is 1. The average molecular weight is 426 g/mol. The predicted octanol–water partition coefficient (Wildman–Crippen LogP) is 5.11. The summed E-state index contributed by atoms with van der Waals surface area (Å²) in [6.45, 7) is 1.30. The van der Waals surface area contributed by atoms with E-state index in [2.05, 4.69) is 0 Å². The Hall–Kier alpha value is -2.73. The minimum atomic E-state index is -4.36. The van der Waals surface area contributed by atoms with Gasteiger partial charge in [-0.25, -0.2) is 9.18 Å². The van der Waals surface area contributed by atoms with Crippen LogP contribution in [0.2, 0.25) is 0 Å². The standard InChI is InChI=1S/C20H18F4N2O2S/c1-13-9-16(21)17(10-18(13)29-12-20(22,23)24)26(8-7-25)11-14-5-3-4-6-15(14)19(27)28-2/h3-6,9-10H,8,11-12H2,1-2H3. The predicted molar refractivity (Wildman–Crippen MR) is 102 cm³/mol. The lowest BCUT2D eigenvalue weighted by atomic mass is 10.1. The van der Waals surface area contributed by atoms with Gasteiger partial charge in [-0.05, 0) is 36.2 Å². The van der Waals surface area contributed by atoms with Gasteiger partial charge in [-0.15, -0.1) is 11.8 Å². The van der Waals surface area contributed by atoms with Gasteiger partial charge in [-0.1, -0.05) is 18.2 Å². The largest absolute Gasteiger partial charge is 0.465 e. The first-order valence-corrected chi connectivity index (χ1v) is 9.42. The zero-order valence-electron chi connectivity index (χ0n) is 15.7. The highest BCUT2D eigenvalue weighted by Gasteiger charge is 2.28. The Morgan fingerprint density at radius 1 is 1.28 bits per heavy atom. The van der Waals surface area contributed by atoms with Gasteiger partial charge < -0.3 is 9.64 Å². The zero-order valence-corrected chi connectivity index (χ0v) is 16.5. The molecule has 2 rings (SSSR count). The molecule has 0 aliphatic carbocycles. The normalized spacial score (nSPS) is 11.1. The number of nitriles is 1. The molecule has 0 atom stereocenters. The Morgan fingerprint density at radius 3 is 2.59 bits per heavy atom. The van der Waals surface area contributed by atoms with Crippen molar-refractivity contribution >= 4 is 23.4 Å². The zero-order chi connectivity index (χ0) is 21.6. The quantitative estimate of drug-likeness (QED) is 0.267. The number of esters is 1. The molecule has 0 heterocycles. The van der Waals surface area contributed by atoms with Crippen molar-refractivity contribution < 1.29 is 27.1 Å². The Labute approximate surface area is 170 Å². The summed E-state index contributed by atoms with van der Waals surface area (Å²) in [7, 11) is 1.23. The summed E-state index contributed by atoms with van der Waals surface area (Å²) >= 11 is 0.555. The Morgan fingerprint density at radius 2 is 1.97 bits per heavy atom. The molecule has 0 unspecified atom stereocenters. The van der Waals surface area contributed by atoms with Crippen LogP contribution in [0.15, 0.2) is 41.3 Å². The molecule has 29 heavy (non-hydrogen) atoms. The third-order valence-electron chi connectivity index (χ3n) is 4.02. The molecule has 0 aromatic heterocycles. The highest BCUT2D eigenvalue weighted by Crippen LogP contribution is 2.34. The van der Waals surface area contributed by atoms with E-state index in [4.69, 9.17) is 10.00 Å². The van der Waals surface area contributed by atoms with Gasteiger partial charge in [0.05, 0.1) is 30.2 Å². The van der Waals surface area contributed by atoms with Crippen LogP contribution < -0.4 is 4.90 Å². The number of hydrogen-bond acceptors (Lipinski definition) is 5. The van der Waals surface area contributed by atoms with Gasteiger partial charge >= 0.3 is 12.1 Å². The fraction of sp³-hybridized carbons (Fsp3) is 0.300. The van der Waals surface area contributed by atoms with E-state index in [1.54, 1.807) is 24.3 Å². The monoisotopic (exact) mass is 426 g/mol. The van der Waals surface area contributed by atoms with Crippen LogP contribution in [0, 0.1) is 24.1 Å². The number of benzene rings is 2. The van der Waals surface area contributed by atoms with E-state index in [0.717, 1.165) is 6.07 Å². The lowest BCUT2D eigenvalue weighted by Crippen LogP contribution is -2.25. The fourth-order valence-electron chi connectivity index (χ4n) is 2.68. The van der Waals surface area contributed by atoms with Crippen LogP contribution >= 0.6 is 11.8 Å². The van der Waals surface area contributed by atoms with Gasteiger partial charge in [-0.3, -0.25) is 0 Å². The minimum absolute atomic E-state index is 0.00217. The molecule has 0 aliphatic rings. The van der Waals surface area contributed by atoms with Crippen molar-refractivity contribution in [2.24, 2.45) is 0 Å². The van der Waals surface area contributed by atoms with Gasteiger partial charge in [0.15, 0.2) is 0 Å². The highest BCUT2D eigenvalue weighted by atomic mass is 32.2. The number of nitrogens with zero attached hydrogens (tertiary/aromatic N) is 2. The van der Waals surface area contributed by atoms with Gasteiger partial charge in [0.1, 0.15) is 12.4 Å². The summed E-state index contributed by atoms with van der Waals surface area (Å²) in [5.74, 6) is -2.35. The smallest absolute Gasteiger partial charge is 0.398 e. The third-order valence-corrected chi connectivity index (χ3v) is 5.24. The number of rotatable bonds is 7. The number of ether oxygens (including phenoxy) is 1. The number of methoxy groups -OCH3 is 1. The lowest BCUT2D eigenvalue weighted by molar-refractivity contribution is -0.105. The van der Waals surface area contributed by atoms with Crippen molar-refractivity contribution in [3.05, 3.63) is 58.9 Å². The Balaban J connectivity index is 2.41. The number of carbonyl (C=O) groups excluding carboxylic acids is 1. The first kappa shape index (κ1) is 22.6. The fourth-order valence-corrected chi connectivity index (χ4v) is 3.48. The number of aryl methyl sites for hydroxylation is 1. The van der Waals surface area contributed by atoms with Crippen LogP contribution in [0.5, 0.6) is 0 Å². The maximum absolute atomic E-state index is 14.6. The third kappa shape index (κ3) is 6.12. The van der Waals surface area contributed by atoms with E-state index in [1.807, 2.05) is 6.07 Å². The molecule has 0 bridgehead atoms. The van der Waals surface area contributed by atoms with E-state index in [9.17, 15) is 22.4 Å². The van der Waals surface area contributed by atoms with Gasteiger partial charge in [0.25, 0.3) is 0 Å². The molecule has 0 saturated heterocycles. The molecule has 2 aromatic carbocycles. The van der Waals surface area contributed by atoms with Crippen LogP contribution in [-0.4, -0.2) is 31.6 Å². The Bertz CT molecular complexity index is 926. The van der Waals surface area contributed by atoms with Crippen LogP contribution in [-0.2, 0) is 11.3 Å². The summed E-state index contributed by atoms with van der Waals surface area (Å²) in [6.07, 6.45) is -4.36. The number of anilines is 1. The minimum Gasteiger partial charge on any atom is -0.465 e. The van der Waals surface area contributed by atoms with Crippen LogP contribution in [0.4, 0.5) is 23.2 Å². The molecule has 0 saturated carbocycles. The van der Waals surface area contributed by atoms with Crippen LogP contribution in [0.25, 0.3) is 0 Å². The number of thioether (sulfide) groups is 1. The number of hydrogen-bond donors (Lipinski definition) is 0.